The van der Waals surface area contributed by atoms with Crippen LogP contribution >= 0.6 is 11.3 Å². The summed E-state index contributed by atoms with van der Waals surface area (Å²) in [7, 11) is 4.74. The van der Waals surface area contributed by atoms with Gasteiger partial charge in [-0.05, 0) is 12.1 Å². The largest absolute Gasteiger partial charge is 0.538 e. The van der Waals surface area contributed by atoms with Gasteiger partial charge in [-0.15, -0.1) is 10.2 Å². The van der Waals surface area contributed by atoms with E-state index in [4.69, 9.17) is 12.5 Å². The number of nitrogens with zero attached hydrogens (tertiary/aromatic N) is 2. The molecule has 2 aromatic heterocycles. The van der Waals surface area contributed by atoms with E-state index >= 15 is 0 Å². The van der Waals surface area contributed by atoms with Crippen molar-refractivity contribution in [1.29, 1.82) is 0 Å². The van der Waals surface area contributed by atoms with Gasteiger partial charge in [0, 0.05) is 12.8 Å². The van der Waals surface area contributed by atoms with E-state index in [0.717, 1.165) is 17.2 Å². The zero-order valence-corrected chi connectivity index (χ0v) is 9.07. The average Bonchev–Trinajstić information content (AvgIpc) is 2.96. The van der Waals surface area contributed by atoms with Gasteiger partial charge in [0.05, 0.1) is 6.26 Å². The molecular formula is C9H7BN2O3S. The zero-order valence-electron chi connectivity index (χ0n) is 8.25. The Morgan fingerprint density at radius 2 is 2.38 bits per heavy atom. The van der Waals surface area contributed by atoms with Crippen LogP contribution in [0.3, 0.4) is 0 Å². The van der Waals surface area contributed by atoms with Crippen LogP contribution in [-0.2, 0) is 17.5 Å². The van der Waals surface area contributed by atoms with E-state index in [0.29, 0.717) is 6.42 Å². The van der Waals surface area contributed by atoms with Crippen molar-refractivity contribution in [3.8, 4) is 0 Å². The second-order valence-corrected chi connectivity index (χ2v) is 4.05. The predicted octanol–water partition coefficient (Wildman–Crippen LogP) is 1.16. The van der Waals surface area contributed by atoms with Gasteiger partial charge < -0.3 is 9.07 Å². The minimum Gasteiger partial charge on any atom is -0.538 e. The molecule has 0 unspecified atom stereocenters. The van der Waals surface area contributed by atoms with Crippen LogP contribution in [0, 0.1) is 0 Å². The molecule has 0 amide bonds. The van der Waals surface area contributed by atoms with Crippen molar-refractivity contribution < 1.29 is 13.9 Å². The molecule has 2 radical (unpaired) electrons. The predicted molar refractivity (Wildman–Crippen MR) is 57.2 cm³/mol. The molecule has 16 heavy (non-hydrogen) atoms. The first-order chi connectivity index (χ1) is 7.79. The molecule has 80 valence electrons. The molecule has 0 aromatic carbocycles. The maximum Gasteiger partial charge on any atom is 0.378 e. The summed E-state index contributed by atoms with van der Waals surface area (Å²) >= 11 is 1.17. The van der Waals surface area contributed by atoms with Gasteiger partial charge in [0.25, 0.3) is 0 Å². The van der Waals surface area contributed by atoms with Gasteiger partial charge in [-0.1, -0.05) is 11.3 Å². The second kappa shape index (κ2) is 4.93. The third kappa shape index (κ3) is 2.49. The van der Waals surface area contributed by atoms with Crippen LogP contribution in [0.25, 0.3) is 0 Å². The van der Waals surface area contributed by atoms with Gasteiger partial charge >= 0.3 is 14.0 Å². The van der Waals surface area contributed by atoms with Crippen LogP contribution in [0.5, 0.6) is 0 Å². The van der Waals surface area contributed by atoms with Crippen molar-refractivity contribution in [3.63, 3.8) is 0 Å². The first-order valence-corrected chi connectivity index (χ1v) is 5.37. The minimum absolute atomic E-state index is 0.164. The number of furan rings is 1. The lowest BCUT2D eigenvalue weighted by molar-refractivity contribution is 0.0748. The molecule has 0 bridgehead atoms. The van der Waals surface area contributed by atoms with Crippen molar-refractivity contribution in [2.45, 2.75) is 12.8 Å². The first kappa shape index (κ1) is 10.9. The Balaban J connectivity index is 1.95. The summed E-state index contributed by atoms with van der Waals surface area (Å²) in [5.74, 6) is 0.208. The molecule has 7 heteroatoms. The first-order valence-electron chi connectivity index (χ1n) is 4.55. The molecule has 5 nitrogen and oxygen atoms in total. The van der Waals surface area contributed by atoms with E-state index < -0.39 is 5.97 Å². The van der Waals surface area contributed by atoms with Gasteiger partial charge in [-0.25, -0.2) is 4.79 Å². The van der Waals surface area contributed by atoms with E-state index in [1.807, 2.05) is 12.1 Å². The van der Waals surface area contributed by atoms with Crippen LogP contribution in [0.1, 0.15) is 20.6 Å². The molecule has 0 aliphatic heterocycles. The summed E-state index contributed by atoms with van der Waals surface area (Å²) in [5, 5.41) is 8.44. The van der Waals surface area contributed by atoms with Crippen molar-refractivity contribution in [3.05, 3.63) is 34.2 Å². The van der Waals surface area contributed by atoms with Crippen LogP contribution in [-0.4, -0.2) is 24.2 Å². The number of carbonyl (C=O) groups excluding carboxylic acids is 1. The van der Waals surface area contributed by atoms with Crippen molar-refractivity contribution >= 4 is 25.4 Å². The fourth-order valence-corrected chi connectivity index (χ4v) is 1.89. The lowest BCUT2D eigenvalue weighted by atomic mass is 10.2. The lowest BCUT2D eigenvalue weighted by Gasteiger charge is -1.92. The fraction of sp³-hybridized carbons (Fsp3) is 0.222. The van der Waals surface area contributed by atoms with Crippen LogP contribution in [0.15, 0.2) is 22.8 Å². The van der Waals surface area contributed by atoms with E-state index in [1.54, 1.807) is 6.26 Å². The van der Waals surface area contributed by atoms with Gasteiger partial charge in [0.1, 0.15) is 10.8 Å². The van der Waals surface area contributed by atoms with E-state index in [-0.39, 0.29) is 5.01 Å². The fourth-order valence-electron chi connectivity index (χ4n) is 1.17. The van der Waals surface area contributed by atoms with Gasteiger partial charge in [0.15, 0.2) is 0 Å². The average molecular weight is 234 g/mol. The number of carbonyl (C=O) groups is 1. The van der Waals surface area contributed by atoms with E-state index in [1.165, 1.54) is 11.3 Å². The highest BCUT2D eigenvalue weighted by molar-refractivity contribution is 7.13. The summed E-state index contributed by atoms with van der Waals surface area (Å²) in [4.78, 5) is 11.0. The van der Waals surface area contributed by atoms with Crippen molar-refractivity contribution in [2.24, 2.45) is 0 Å². The highest BCUT2D eigenvalue weighted by Crippen LogP contribution is 2.13. The van der Waals surface area contributed by atoms with E-state index in [2.05, 4.69) is 14.9 Å². The summed E-state index contributed by atoms with van der Waals surface area (Å²) in [6.45, 7) is 0. The number of rotatable bonds is 4. The van der Waals surface area contributed by atoms with Gasteiger partial charge in [-0.3, -0.25) is 0 Å². The summed E-state index contributed by atoms with van der Waals surface area (Å²) in [6.07, 6.45) is 3.01. The lowest BCUT2D eigenvalue weighted by Crippen LogP contribution is -2.00. The zero-order chi connectivity index (χ0) is 11.4. The SMILES string of the molecule is [B]OC(=O)c1nnc(CCc2ccco2)s1. The third-order valence-electron chi connectivity index (χ3n) is 1.91. The van der Waals surface area contributed by atoms with Gasteiger partial charge in [0.2, 0.25) is 5.01 Å². The smallest absolute Gasteiger partial charge is 0.378 e. The molecule has 2 heterocycles. The molecule has 0 saturated carbocycles. The number of aryl methyl sites for hydroxylation is 2. The second-order valence-electron chi connectivity index (χ2n) is 2.99. The molecule has 2 rings (SSSR count). The number of hydrogen-bond acceptors (Lipinski definition) is 6. The Morgan fingerprint density at radius 1 is 1.50 bits per heavy atom. The molecule has 0 aliphatic rings. The molecule has 2 aromatic rings. The quantitative estimate of drug-likeness (QED) is 0.742. The Hall–Kier alpha value is -1.63. The Bertz CT molecular complexity index is 469. The highest BCUT2D eigenvalue weighted by atomic mass is 32.1. The summed E-state index contributed by atoms with van der Waals surface area (Å²) in [5.41, 5.74) is 0. The molecule has 0 spiro atoms. The normalized spacial score (nSPS) is 10.2. The Labute approximate surface area is 96.9 Å². The highest BCUT2D eigenvalue weighted by Gasteiger charge is 2.12. The van der Waals surface area contributed by atoms with Crippen molar-refractivity contribution in [2.75, 3.05) is 0 Å². The Kier molecular flexibility index (Phi) is 3.35. The Morgan fingerprint density at radius 3 is 3.06 bits per heavy atom. The van der Waals surface area contributed by atoms with E-state index in [9.17, 15) is 4.79 Å². The molecule has 0 N–H and O–H groups in total. The molecule has 0 aliphatic carbocycles. The van der Waals surface area contributed by atoms with Crippen LogP contribution in [0.4, 0.5) is 0 Å². The molecule has 0 fully saturated rings. The minimum atomic E-state index is -0.665. The maximum absolute atomic E-state index is 11.0. The molecule has 0 atom stereocenters. The molecule has 0 saturated heterocycles. The van der Waals surface area contributed by atoms with Crippen molar-refractivity contribution in [1.82, 2.24) is 10.2 Å². The van der Waals surface area contributed by atoms with Crippen LogP contribution < -0.4 is 0 Å². The topological polar surface area (TPSA) is 65.2 Å². The monoisotopic (exact) mass is 234 g/mol. The van der Waals surface area contributed by atoms with Gasteiger partial charge in [-0.2, -0.15) is 0 Å². The third-order valence-corrected chi connectivity index (χ3v) is 2.88. The number of aromatic nitrogens is 2. The molecular weight excluding hydrogens is 227 g/mol. The van der Waals surface area contributed by atoms with Crippen LogP contribution in [0.2, 0.25) is 0 Å². The maximum atomic E-state index is 11.0. The summed E-state index contributed by atoms with van der Waals surface area (Å²) < 4.78 is 9.23. The standard InChI is InChI=1S/C9H7BN2O3S/c10-15-9(13)8-12-11-7(16-8)4-3-6-2-1-5-14-6/h1-2,5H,3-4H2. The summed E-state index contributed by atoms with van der Waals surface area (Å²) in [6, 6.07) is 3.71. The number of hydrogen-bond donors (Lipinski definition) is 0.